The van der Waals surface area contributed by atoms with E-state index in [1.807, 2.05) is 6.92 Å². The van der Waals surface area contributed by atoms with Gasteiger partial charge in [-0.25, -0.2) is 0 Å². The smallest absolute Gasteiger partial charge is 0.398 e. The lowest BCUT2D eigenvalue weighted by Crippen LogP contribution is -2.19. The van der Waals surface area contributed by atoms with Crippen molar-refractivity contribution >= 4 is 11.4 Å². The van der Waals surface area contributed by atoms with E-state index >= 15 is 0 Å². The average molecular weight is 232 g/mol. The van der Waals surface area contributed by atoms with Crippen LogP contribution in [0.3, 0.4) is 0 Å². The van der Waals surface area contributed by atoms with Crippen molar-refractivity contribution in [3.63, 3.8) is 0 Å². The number of hydrogen-bond donors (Lipinski definition) is 1. The zero-order chi connectivity index (χ0) is 12.3. The van der Waals surface area contributed by atoms with Gasteiger partial charge in [-0.05, 0) is 24.6 Å². The largest absolute Gasteiger partial charge is 0.418 e. The summed E-state index contributed by atoms with van der Waals surface area (Å²) in [4.78, 5) is 1.77. The summed E-state index contributed by atoms with van der Waals surface area (Å²) in [5, 5.41) is 0. The predicted molar refractivity (Wildman–Crippen MR) is 59.4 cm³/mol. The number of nitrogens with zero attached hydrogens (tertiary/aromatic N) is 1. The second-order valence-electron chi connectivity index (χ2n) is 3.69. The summed E-state index contributed by atoms with van der Waals surface area (Å²) in [5.74, 6) is 0. The van der Waals surface area contributed by atoms with E-state index in [9.17, 15) is 13.2 Å². The minimum atomic E-state index is -4.40. The molecule has 1 aromatic rings. The van der Waals surface area contributed by atoms with Crippen LogP contribution in [0.25, 0.3) is 0 Å². The van der Waals surface area contributed by atoms with Gasteiger partial charge < -0.3 is 10.6 Å². The molecule has 0 aliphatic heterocycles. The van der Waals surface area contributed by atoms with Crippen molar-refractivity contribution in [3.8, 4) is 0 Å². The van der Waals surface area contributed by atoms with Gasteiger partial charge in [0.1, 0.15) is 0 Å². The number of nitrogens with two attached hydrogens (primary N) is 1. The molecular formula is C11H15F3N2. The van der Waals surface area contributed by atoms with Crippen molar-refractivity contribution in [1.29, 1.82) is 0 Å². The van der Waals surface area contributed by atoms with Gasteiger partial charge in [0.25, 0.3) is 0 Å². The summed E-state index contributed by atoms with van der Waals surface area (Å²) < 4.78 is 37.7. The number of nitrogen functional groups attached to an aromatic ring is 1. The van der Waals surface area contributed by atoms with Crippen LogP contribution in [0.2, 0.25) is 0 Å². The van der Waals surface area contributed by atoms with Crippen LogP contribution < -0.4 is 10.6 Å². The molecule has 1 aromatic carbocycles. The van der Waals surface area contributed by atoms with Gasteiger partial charge in [-0.15, -0.1) is 0 Å². The summed E-state index contributed by atoms with van der Waals surface area (Å²) in [6, 6.07) is 3.98. The van der Waals surface area contributed by atoms with Gasteiger partial charge >= 0.3 is 6.18 Å². The zero-order valence-electron chi connectivity index (χ0n) is 9.30. The summed E-state index contributed by atoms with van der Waals surface area (Å²) in [5.41, 5.74) is 4.84. The number of hydrogen-bond acceptors (Lipinski definition) is 2. The average Bonchev–Trinajstić information content (AvgIpc) is 2.16. The standard InChI is InChI=1S/C11H15F3N2/c1-3-6-16(2)8-4-5-10(15)9(7-8)11(12,13)14/h4-5,7H,3,6,15H2,1-2H3. The van der Waals surface area contributed by atoms with Crippen LogP contribution in [0.15, 0.2) is 18.2 Å². The van der Waals surface area contributed by atoms with E-state index in [-0.39, 0.29) is 5.69 Å². The first kappa shape index (κ1) is 12.7. The van der Waals surface area contributed by atoms with Crippen molar-refractivity contribution in [2.45, 2.75) is 19.5 Å². The lowest BCUT2D eigenvalue weighted by atomic mass is 10.1. The normalized spacial score (nSPS) is 11.6. The third-order valence-corrected chi connectivity index (χ3v) is 2.34. The quantitative estimate of drug-likeness (QED) is 0.811. The monoisotopic (exact) mass is 232 g/mol. The lowest BCUT2D eigenvalue weighted by Gasteiger charge is -2.20. The molecule has 0 radical (unpaired) electrons. The van der Waals surface area contributed by atoms with Crippen LogP contribution >= 0.6 is 0 Å². The zero-order valence-corrected chi connectivity index (χ0v) is 9.30. The van der Waals surface area contributed by atoms with E-state index in [0.29, 0.717) is 12.2 Å². The fourth-order valence-electron chi connectivity index (χ4n) is 1.49. The van der Waals surface area contributed by atoms with E-state index in [4.69, 9.17) is 5.73 Å². The minimum Gasteiger partial charge on any atom is -0.398 e. The van der Waals surface area contributed by atoms with E-state index in [0.717, 1.165) is 12.5 Å². The molecule has 2 N–H and O–H groups in total. The van der Waals surface area contributed by atoms with Crippen LogP contribution in [0.1, 0.15) is 18.9 Å². The highest BCUT2D eigenvalue weighted by Gasteiger charge is 2.33. The Balaban J connectivity index is 3.07. The Labute approximate surface area is 92.9 Å². The van der Waals surface area contributed by atoms with Gasteiger partial charge in [0.15, 0.2) is 0 Å². The van der Waals surface area contributed by atoms with Crippen LogP contribution in [0, 0.1) is 0 Å². The van der Waals surface area contributed by atoms with Crippen LogP contribution in [0.4, 0.5) is 24.5 Å². The topological polar surface area (TPSA) is 29.3 Å². The van der Waals surface area contributed by atoms with Crippen LogP contribution in [0.5, 0.6) is 0 Å². The molecule has 0 heterocycles. The van der Waals surface area contributed by atoms with E-state index in [1.54, 1.807) is 18.0 Å². The molecule has 0 saturated heterocycles. The molecule has 0 aliphatic rings. The summed E-state index contributed by atoms with van der Waals surface area (Å²) in [7, 11) is 1.76. The molecule has 90 valence electrons. The molecule has 0 aromatic heterocycles. The van der Waals surface area contributed by atoms with Gasteiger partial charge in [-0.3, -0.25) is 0 Å². The number of rotatable bonds is 3. The lowest BCUT2D eigenvalue weighted by molar-refractivity contribution is -0.136. The van der Waals surface area contributed by atoms with E-state index in [2.05, 4.69) is 0 Å². The first-order valence-corrected chi connectivity index (χ1v) is 5.04. The molecule has 2 nitrogen and oxygen atoms in total. The summed E-state index contributed by atoms with van der Waals surface area (Å²) in [6.45, 7) is 2.68. The molecule has 0 aliphatic carbocycles. The maximum absolute atomic E-state index is 12.6. The van der Waals surface area contributed by atoms with Crippen molar-refractivity contribution in [3.05, 3.63) is 23.8 Å². The fourth-order valence-corrected chi connectivity index (χ4v) is 1.49. The third kappa shape index (κ3) is 2.81. The molecule has 1 rings (SSSR count). The Morgan fingerprint density at radius 2 is 1.94 bits per heavy atom. The number of benzene rings is 1. The summed E-state index contributed by atoms with van der Waals surface area (Å²) >= 11 is 0. The Bertz CT molecular complexity index is 361. The molecule has 5 heteroatoms. The van der Waals surface area contributed by atoms with Gasteiger partial charge in [0.05, 0.1) is 5.56 Å². The second kappa shape index (κ2) is 4.63. The highest BCUT2D eigenvalue weighted by atomic mass is 19.4. The molecule has 0 atom stereocenters. The van der Waals surface area contributed by atoms with Crippen molar-refractivity contribution in [2.24, 2.45) is 0 Å². The Morgan fingerprint density at radius 1 is 1.31 bits per heavy atom. The van der Waals surface area contributed by atoms with Crippen LogP contribution in [-0.2, 0) is 6.18 Å². The van der Waals surface area contributed by atoms with Gasteiger partial charge in [0, 0.05) is 25.0 Å². The highest BCUT2D eigenvalue weighted by Crippen LogP contribution is 2.35. The number of anilines is 2. The van der Waals surface area contributed by atoms with E-state index in [1.165, 1.54) is 6.07 Å². The van der Waals surface area contributed by atoms with Gasteiger partial charge in [0.2, 0.25) is 0 Å². The Morgan fingerprint density at radius 3 is 2.44 bits per heavy atom. The van der Waals surface area contributed by atoms with Crippen molar-refractivity contribution in [1.82, 2.24) is 0 Å². The summed E-state index contributed by atoms with van der Waals surface area (Å²) in [6.07, 6.45) is -3.52. The third-order valence-electron chi connectivity index (χ3n) is 2.34. The first-order chi connectivity index (χ1) is 7.36. The van der Waals surface area contributed by atoms with Crippen LogP contribution in [-0.4, -0.2) is 13.6 Å². The second-order valence-corrected chi connectivity index (χ2v) is 3.69. The minimum absolute atomic E-state index is 0.235. The van der Waals surface area contributed by atoms with Gasteiger partial charge in [-0.1, -0.05) is 6.92 Å². The molecular weight excluding hydrogens is 217 g/mol. The SMILES string of the molecule is CCCN(C)c1ccc(N)c(C(F)(F)F)c1. The Kier molecular flexibility index (Phi) is 3.67. The maximum Gasteiger partial charge on any atom is 0.418 e. The van der Waals surface area contributed by atoms with Crippen molar-refractivity contribution in [2.75, 3.05) is 24.2 Å². The molecule has 0 unspecified atom stereocenters. The van der Waals surface area contributed by atoms with Crippen molar-refractivity contribution < 1.29 is 13.2 Å². The highest BCUT2D eigenvalue weighted by molar-refractivity contribution is 5.59. The molecule has 16 heavy (non-hydrogen) atoms. The van der Waals surface area contributed by atoms with E-state index < -0.39 is 11.7 Å². The maximum atomic E-state index is 12.6. The number of halogens is 3. The molecule has 0 bridgehead atoms. The predicted octanol–water partition coefficient (Wildman–Crippen LogP) is 3.13. The first-order valence-electron chi connectivity index (χ1n) is 5.04. The fraction of sp³-hybridized carbons (Fsp3) is 0.455. The molecule has 0 amide bonds. The van der Waals surface area contributed by atoms with Gasteiger partial charge in [-0.2, -0.15) is 13.2 Å². The molecule has 0 spiro atoms. The molecule has 0 fully saturated rings. The number of alkyl halides is 3. The molecule has 0 saturated carbocycles. The Hall–Kier alpha value is -1.39.